The first-order valence-corrected chi connectivity index (χ1v) is 5.41. The number of nitrogen functional groups attached to an aromatic ring is 1. The van der Waals surface area contributed by atoms with Crippen molar-refractivity contribution in [3.05, 3.63) is 59.2 Å². The average molecular weight is 284 g/mol. The lowest BCUT2D eigenvalue weighted by Gasteiger charge is -2.10. The molecular weight excluding hydrogens is 276 g/mol. The summed E-state index contributed by atoms with van der Waals surface area (Å²) >= 11 is 0. The van der Waals surface area contributed by atoms with Gasteiger partial charge in [-0.15, -0.1) is 0 Å². The van der Waals surface area contributed by atoms with Crippen LogP contribution in [0, 0.1) is 5.82 Å². The van der Waals surface area contributed by atoms with Gasteiger partial charge in [-0.2, -0.15) is 13.2 Å². The summed E-state index contributed by atoms with van der Waals surface area (Å²) in [6.07, 6.45) is -2.65. The topological polar surface area (TPSA) is 56.0 Å². The van der Waals surface area contributed by atoms with E-state index in [1.165, 1.54) is 0 Å². The summed E-state index contributed by atoms with van der Waals surface area (Å²) in [5, 5.41) is 0. The number of halogens is 4. The van der Waals surface area contributed by atoms with Crippen LogP contribution < -0.4 is 5.73 Å². The Balaban J connectivity index is 2.49. The number of nitrogens with zero attached hydrogens (tertiary/aromatic N) is 1. The maximum Gasteiger partial charge on any atom is 0.416 e. The fraction of sp³-hybridized carbons (Fsp3) is 0.0769. The Bertz CT molecular complexity index is 668. The molecule has 0 bridgehead atoms. The van der Waals surface area contributed by atoms with Crippen molar-refractivity contribution in [2.24, 2.45) is 0 Å². The number of alkyl halides is 3. The molecule has 3 nitrogen and oxygen atoms in total. The van der Waals surface area contributed by atoms with Gasteiger partial charge in [0.05, 0.1) is 11.8 Å². The summed E-state index contributed by atoms with van der Waals surface area (Å²) in [6.45, 7) is 0. The number of anilines is 1. The lowest BCUT2D eigenvalue weighted by atomic mass is 10.0. The predicted molar refractivity (Wildman–Crippen MR) is 63.5 cm³/mol. The van der Waals surface area contributed by atoms with Gasteiger partial charge in [0.15, 0.2) is 5.78 Å². The van der Waals surface area contributed by atoms with Crippen LogP contribution in [-0.4, -0.2) is 10.8 Å². The van der Waals surface area contributed by atoms with E-state index >= 15 is 0 Å². The Morgan fingerprint density at radius 3 is 2.45 bits per heavy atom. The number of carbonyl (C=O) groups is 1. The van der Waals surface area contributed by atoms with Crippen molar-refractivity contribution in [1.82, 2.24) is 4.98 Å². The van der Waals surface area contributed by atoms with Crippen LogP contribution in [0.1, 0.15) is 21.5 Å². The summed E-state index contributed by atoms with van der Waals surface area (Å²) in [6, 6.07) is 3.29. The molecule has 0 saturated heterocycles. The van der Waals surface area contributed by atoms with Crippen LogP contribution in [-0.2, 0) is 6.18 Å². The highest BCUT2D eigenvalue weighted by Gasteiger charge is 2.31. The summed E-state index contributed by atoms with van der Waals surface area (Å²) < 4.78 is 50.8. The standard InChI is InChI=1S/C13H8F4N2O/c14-9-3-7(5-19-6-9)12(20)10-4-8(13(15,16)17)1-2-11(10)18/h1-6H,18H2. The van der Waals surface area contributed by atoms with E-state index in [1.54, 1.807) is 0 Å². The number of hydrogen-bond donors (Lipinski definition) is 1. The molecule has 0 amide bonds. The number of hydrogen-bond acceptors (Lipinski definition) is 3. The number of benzene rings is 1. The zero-order chi connectivity index (χ0) is 14.9. The second-order valence-electron chi connectivity index (χ2n) is 4.02. The van der Waals surface area contributed by atoms with Crippen molar-refractivity contribution in [3.8, 4) is 0 Å². The molecule has 104 valence electrons. The number of nitrogens with two attached hydrogens (primary N) is 1. The second kappa shape index (κ2) is 4.92. The van der Waals surface area contributed by atoms with Crippen molar-refractivity contribution < 1.29 is 22.4 Å². The van der Waals surface area contributed by atoms with E-state index in [-0.39, 0.29) is 16.8 Å². The van der Waals surface area contributed by atoms with E-state index in [4.69, 9.17) is 5.73 Å². The van der Waals surface area contributed by atoms with Crippen LogP contribution in [0.5, 0.6) is 0 Å². The number of pyridine rings is 1. The molecule has 7 heteroatoms. The number of rotatable bonds is 2. The Hall–Kier alpha value is -2.44. The monoisotopic (exact) mass is 284 g/mol. The normalized spacial score (nSPS) is 11.4. The molecule has 0 radical (unpaired) electrons. The Morgan fingerprint density at radius 1 is 1.15 bits per heavy atom. The van der Waals surface area contributed by atoms with Gasteiger partial charge in [0.25, 0.3) is 0 Å². The lowest BCUT2D eigenvalue weighted by molar-refractivity contribution is -0.137. The molecule has 2 rings (SSSR count). The van der Waals surface area contributed by atoms with Gasteiger partial charge in [-0.3, -0.25) is 9.78 Å². The second-order valence-corrected chi connectivity index (χ2v) is 4.02. The third kappa shape index (κ3) is 2.76. The van der Waals surface area contributed by atoms with Crippen LogP contribution >= 0.6 is 0 Å². The minimum Gasteiger partial charge on any atom is -0.398 e. The number of aromatic nitrogens is 1. The van der Waals surface area contributed by atoms with Crippen LogP contribution in [0.25, 0.3) is 0 Å². The molecule has 0 aliphatic carbocycles. The van der Waals surface area contributed by atoms with Gasteiger partial charge < -0.3 is 5.73 Å². The molecular formula is C13H8F4N2O. The molecule has 0 spiro atoms. The van der Waals surface area contributed by atoms with Gasteiger partial charge in [-0.1, -0.05) is 0 Å². The Labute approximate surface area is 111 Å². The van der Waals surface area contributed by atoms with E-state index in [0.29, 0.717) is 6.07 Å². The third-order valence-electron chi connectivity index (χ3n) is 2.59. The molecule has 0 aliphatic heterocycles. The molecule has 1 aromatic carbocycles. The van der Waals surface area contributed by atoms with Crippen molar-refractivity contribution in [3.63, 3.8) is 0 Å². The van der Waals surface area contributed by atoms with Crippen LogP contribution in [0.15, 0.2) is 36.7 Å². The maximum atomic E-state index is 13.0. The summed E-state index contributed by atoms with van der Waals surface area (Å²) in [7, 11) is 0. The maximum absolute atomic E-state index is 13.0. The van der Waals surface area contributed by atoms with E-state index in [1.807, 2.05) is 0 Å². The van der Waals surface area contributed by atoms with Gasteiger partial charge in [0.2, 0.25) is 0 Å². The minimum absolute atomic E-state index is 0.118. The first-order chi connectivity index (χ1) is 9.29. The summed E-state index contributed by atoms with van der Waals surface area (Å²) in [4.78, 5) is 15.5. The Morgan fingerprint density at radius 2 is 1.85 bits per heavy atom. The first-order valence-electron chi connectivity index (χ1n) is 5.41. The zero-order valence-corrected chi connectivity index (χ0v) is 9.91. The van der Waals surface area contributed by atoms with E-state index in [0.717, 1.165) is 30.6 Å². The van der Waals surface area contributed by atoms with Gasteiger partial charge in [-0.05, 0) is 24.3 Å². The van der Waals surface area contributed by atoms with Crippen LogP contribution in [0.4, 0.5) is 23.2 Å². The highest BCUT2D eigenvalue weighted by molar-refractivity contribution is 6.12. The quantitative estimate of drug-likeness (QED) is 0.524. The fourth-order valence-corrected chi connectivity index (χ4v) is 1.62. The van der Waals surface area contributed by atoms with Gasteiger partial charge in [-0.25, -0.2) is 4.39 Å². The van der Waals surface area contributed by atoms with Gasteiger partial charge >= 0.3 is 6.18 Å². The van der Waals surface area contributed by atoms with E-state index in [2.05, 4.69) is 4.98 Å². The molecule has 20 heavy (non-hydrogen) atoms. The molecule has 0 unspecified atom stereocenters. The van der Waals surface area contributed by atoms with E-state index in [9.17, 15) is 22.4 Å². The van der Waals surface area contributed by atoms with Crippen molar-refractivity contribution >= 4 is 11.5 Å². The highest BCUT2D eigenvalue weighted by atomic mass is 19.4. The molecule has 2 aromatic rings. The van der Waals surface area contributed by atoms with Crippen LogP contribution in [0.3, 0.4) is 0 Å². The Kier molecular flexibility index (Phi) is 3.44. The van der Waals surface area contributed by atoms with Crippen molar-refractivity contribution in [2.45, 2.75) is 6.18 Å². The third-order valence-corrected chi connectivity index (χ3v) is 2.59. The fourth-order valence-electron chi connectivity index (χ4n) is 1.62. The molecule has 0 aliphatic rings. The molecule has 1 aromatic heterocycles. The SMILES string of the molecule is Nc1ccc(C(F)(F)F)cc1C(=O)c1cncc(F)c1. The highest BCUT2D eigenvalue weighted by Crippen LogP contribution is 2.31. The van der Waals surface area contributed by atoms with Gasteiger partial charge in [0.1, 0.15) is 5.82 Å². The summed E-state index contributed by atoms with van der Waals surface area (Å²) in [5.41, 5.74) is 3.88. The van der Waals surface area contributed by atoms with Crippen LogP contribution in [0.2, 0.25) is 0 Å². The molecule has 0 saturated carbocycles. The smallest absolute Gasteiger partial charge is 0.398 e. The summed E-state index contributed by atoms with van der Waals surface area (Å²) in [5.74, 6) is -1.58. The van der Waals surface area contributed by atoms with Crippen molar-refractivity contribution in [1.29, 1.82) is 0 Å². The molecule has 0 fully saturated rings. The minimum atomic E-state index is -4.59. The number of ketones is 1. The molecule has 1 heterocycles. The predicted octanol–water partition coefficient (Wildman–Crippen LogP) is 3.05. The lowest BCUT2D eigenvalue weighted by Crippen LogP contribution is -2.11. The molecule has 2 N–H and O–H groups in total. The average Bonchev–Trinajstić information content (AvgIpc) is 2.37. The van der Waals surface area contributed by atoms with Crippen molar-refractivity contribution in [2.75, 3.05) is 5.73 Å². The molecule has 0 atom stereocenters. The number of carbonyl (C=O) groups excluding carboxylic acids is 1. The van der Waals surface area contributed by atoms with E-state index < -0.39 is 23.3 Å². The first kappa shape index (κ1) is 14.0. The van der Waals surface area contributed by atoms with Gasteiger partial charge in [0, 0.05) is 23.0 Å². The zero-order valence-electron chi connectivity index (χ0n) is 9.91. The largest absolute Gasteiger partial charge is 0.416 e.